The first kappa shape index (κ1) is 23.5. The zero-order valence-corrected chi connectivity index (χ0v) is 21.1. The van der Waals surface area contributed by atoms with E-state index in [0.717, 1.165) is 61.4 Å². The van der Waals surface area contributed by atoms with Crippen molar-refractivity contribution < 1.29 is 14.3 Å². The van der Waals surface area contributed by atoms with E-state index in [1.807, 2.05) is 19.1 Å². The number of carbonyl (C=O) groups excluding carboxylic acids is 1. The van der Waals surface area contributed by atoms with Crippen molar-refractivity contribution in [3.8, 4) is 11.5 Å². The molecule has 1 saturated heterocycles. The van der Waals surface area contributed by atoms with E-state index in [0.29, 0.717) is 17.9 Å². The van der Waals surface area contributed by atoms with Crippen molar-refractivity contribution in [1.82, 2.24) is 15.2 Å². The number of ether oxygens (including phenoxy) is 2. The summed E-state index contributed by atoms with van der Waals surface area (Å²) in [5, 5.41) is 9.67. The van der Waals surface area contributed by atoms with E-state index >= 15 is 0 Å². The molecule has 1 atom stereocenters. The number of nitrogens with one attached hydrogen (secondary N) is 1. The van der Waals surface area contributed by atoms with Crippen LogP contribution in [-0.2, 0) is 6.42 Å². The number of carbonyl (C=O) groups is 1. The molecule has 8 nitrogen and oxygen atoms in total. The van der Waals surface area contributed by atoms with Crippen molar-refractivity contribution in [2.45, 2.75) is 38.3 Å². The van der Waals surface area contributed by atoms with Crippen LogP contribution in [0.3, 0.4) is 0 Å². The van der Waals surface area contributed by atoms with Crippen LogP contribution >= 0.6 is 0 Å². The molecule has 8 heteroatoms. The number of nitrogens with zero attached hydrogens (tertiary/aromatic N) is 4. The number of anilines is 1. The van der Waals surface area contributed by atoms with Gasteiger partial charge in [-0.3, -0.25) is 0 Å². The molecule has 1 aliphatic carbocycles. The van der Waals surface area contributed by atoms with Gasteiger partial charge in [0.05, 0.1) is 26.0 Å². The van der Waals surface area contributed by atoms with Crippen LogP contribution in [0.1, 0.15) is 36.5 Å². The topological polar surface area (TPSA) is 69.6 Å². The van der Waals surface area contributed by atoms with Crippen LogP contribution in [-0.4, -0.2) is 81.2 Å². The Bertz CT molecular complexity index is 1100. The number of methoxy groups -OCH3 is 2. The van der Waals surface area contributed by atoms with Crippen molar-refractivity contribution in [3.05, 3.63) is 53.1 Å². The maximum atomic E-state index is 13.1. The van der Waals surface area contributed by atoms with Gasteiger partial charge in [0.1, 0.15) is 0 Å². The smallest absolute Gasteiger partial charge is 0.338 e. The first-order chi connectivity index (χ1) is 17.0. The second kappa shape index (κ2) is 9.77. The molecular formula is C27H35N5O3. The second-order valence-corrected chi connectivity index (χ2v) is 9.77. The summed E-state index contributed by atoms with van der Waals surface area (Å²) in [5.74, 6) is 1.33. The van der Waals surface area contributed by atoms with Gasteiger partial charge in [0, 0.05) is 49.0 Å². The average Bonchev–Trinajstić information content (AvgIpc) is 3.70. The van der Waals surface area contributed by atoms with Gasteiger partial charge in [-0.1, -0.05) is 12.1 Å². The average molecular weight is 478 g/mol. The molecule has 3 aliphatic rings. The number of rotatable bonds is 5. The van der Waals surface area contributed by atoms with Gasteiger partial charge in [0.2, 0.25) is 0 Å². The Hall–Kier alpha value is -3.26. The molecule has 0 aromatic heterocycles. The molecule has 2 fully saturated rings. The molecule has 2 aromatic rings. The largest absolute Gasteiger partial charge is 0.493 e. The zero-order chi connectivity index (χ0) is 24.5. The summed E-state index contributed by atoms with van der Waals surface area (Å²) in [7, 11) is 5.45. The van der Waals surface area contributed by atoms with Crippen LogP contribution in [0.4, 0.5) is 10.5 Å². The molecule has 2 aliphatic heterocycles. The summed E-state index contributed by atoms with van der Waals surface area (Å²) >= 11 is 0. The summed E-state index contributed by atoms with van der Waals surface area (Å²) in [6.45, 7) is 6.20. The molecule has 1 N–H and O–H groups in total. The Morgan fingerprint density at radius 1 is 1.00 bits per heavy atom. The Balaban J connectivity index is 1.54. The fourth-order valence-electron chi connectivity index (χ4n) is 4.80. The molecule has 5 rings (SSSR count). The minimum Gasteiger partial charge on any atom is -0.493 e. The van der Waals surface area contributed by atoms with Gasteiger partial charge in [-0.25, -0.2) is 9.80 Å². The van der Waals surface area contributed by atoms with Crippen molar-refractivity contribution in [2.75, 3.05) is 52.3 Å². The predicted molar refractivity (Wildman–Crippen MR) is 138 cm³/mol. The number of fused-ring (bicyclic) bond motifs is 1. The monoisotopic (exact) mass is 477 g/mol. The minimum absolute atomic E-state index is 0.104. The highest BCUT2D eigenvalue weighted by Crippen LogP contribution is 2.35. The number of urea groups is 1. The highest BCUT2D eigenvalue weighted by Gasteiger charge is 2.32. The third kappa shape index (κ3) is 4.93. The highest BCUT2D eigenvalue weighted by atomic mass is 16.5. The van der Waals surface area contributed by atoms with Crippen LogP contribution in [0.15, 0.2) is 41.5 Å². The molecule has 35 heavy (non-hydrogen) atoms. The maximum Gasteiger partial charge on any atom is 0.338 e. The zero-order valence-electron chi connectivity index (χ0n) is 21.1. The molecular weight excluding hydrogens is 442 g/mol. The molecule has 0 spiro atoms. The predicted octanol–water partition coefficient (Wildman–Crippen LogP) is 3.33. The van der Waals surface area contributed by atoms with Gasteiger partial charge in [-0.05, 0) is 63.1 Å². The molecule has 2 heterocycles. The number of benzene rings is 2. The molecule has 2 amide bonds. The molecule has 1 saturated carbocycles. The second-order valence-electron chi connectivity index (χ2n) is 9.77. The van der Waals surface area contributed by atoms with Gasteiger partial charge in [0.15, 0.2) is 11.5 Å². The lowest BCUT2D eigenvalue weighted by molar-refractivity contribution is 0.182. The van der Waals surface area contributed by atoms with E-state index in [9.17, 15) is 4.79 Å². The minimum atomic E-state index is -0.140. The number of amides is 2. The molecule has 1 unspecified atom stereocenters. The first-order valence-corrected chi connectivity index (χ1v) is 12.4. The maximum absolute atomic E-state index is 13.1. The van der Waals surface area contributed by atoms with Gasteiger partial charge < -0.3 is 24.6 Å². The number of likely N-dealkylation sites (N-methyl/N-ethyl adjacent to an activating group) is 1. The summed E-state index contributed by atoms with van der Waals surface area (Å²) < 4.78 is 11.2. The van der Waals surface area contributed by atoms with Gasteiger partial charge >= 0.3 is 6.03 Å². The Labute approximate surface area is 207 Å². The van der Waals surface area contributed by atoms with E-state index < -0.39 is 0 Å². The molecule has 2 aromatic carbocycles. The summed E-state index contributed by atoms with van der Waals surface area (Å²) in [5.41, 5.74) is 4.98. The molecule has 0 bridgehead atoms. The highest BCUT2D eigenvalue weighted by molar-refractivity contribution is 6.14. The van der Waals surface area contributed by atoms with Crippen molar-refractivity contribution in [1.29, 1.82) is 0 Å². The van der Waals surface area contributed by atoms with Gasteiger partial charge in [-0.15, -0.1) is 0 Å². The van der Waals surface area contributed by atoms with E-state index in [4.69, 9.17) is 14.6 Å². The van der Waals surface area contributed by atoms with Crippen molar-refractivity contribution in [3.63, 3.8) is 0 Å². The van der Waals surface area contributed by atoms with E-state index in [1.165, 1.54) is 5.69 Å². The molecule has 186 valence electrons. The fraction of sp³-hybridized carbons (Fsp3) is 0.481. The summed E-state index contributed by atoms with van der Waals surface area (Å²) in [4.78, 5) is 17.9. The molecule has 0 radical (unpaired) electrons. The third-order valence-corrected chi connectivity index (χ3v) is 7.13. The Morgan fingerprint density at radius 2 is 1.66 bits per heavy atom. The van der Waals surface area contributed by atoms with Crippen LogP contribution < -0.4 is 19.7 Å². The van der Waals surface area contributed by atoms with Crippen LogP contribution in [0.5, 0.6) is 11.5 Å². The fourth-order valence-corrected chi connectivity index (χ4v) is 4.80. The van der Waals surface area contributed by atoms with Gasteiger partial charge in [0.25, 0.3) is 0 Å². The van der Waals surface area contributed by atoms with Crippen molar-refractivity contribution in [2.24, 2.45) is 5.10 Å². The quantitative estimate of drug-likeness (QED) is 0.716. The number of piperazine rings is 1. The lowest BCUT2D eigenvalue weighted by Crippen LogP contribution is -2.44. The Kier molecular flexibility index (Phi) is 6.56. The van der Waals surface area contributed by atoms with Crippen LogP contribution in [0, 0.1) is 0 Å². The number of hydrogen-bond acceptors (Lipinski definition) is 6. The van der Waals surface area contributed by atoms with E-state index in [1.54, 1.807) is 19.2 Å². The van der Waals surface area contributed by atoms with E-state index in [2.05, 4.69) is 46.4 Å². The first-order valence-electron chi connectivity index (χ1n) is 12.4. The third-order valence-electron chi connectivity index (χ3n) is 7.13. The SMILES string of the molecule is COc1cc2c(cc1OC)C(c1ccc(N3CCN(C)CC3)cc1)=NN(C(=O)NC1CC1)C(C)C2. The lowest BCUT2D eigenvalue weighted by Gasteiger charge is -2.34. The van der Waals surface area contributed by atoms with E-state index in [-0.39, 0.29) is 18.1 Å². The number of hydrogen-bond donors (Lipinski definition) is 1. The van der Waals surface area contributed by atoms with Crippen LogP contribution in [0.25, 0.3) is 0 Å². The number of hydrazone groups is 1. The summed E-state index contributed by atoms with van der Waals surface area (Å²) in [6.07, 6.45) is 2.74. The summed E-state index contributed by atoms with van der Waals surface area (Å²) in [6, 6.07) is 12.6. The van der Waals surface area contributed by atoms with Gasteiger partial charge in [-0.2, -0.15) is 5.10 Å². The standard InChI is InChI=1S/C27H35N5O3/c1-18-15-20-16-24(34-3)25(35-4)17-23(20)26(29-32(18)27(33)28-21-7-8-21)19-5-9-22(10-6-19)31-13-11-30(2)12-14-31/h5-6,9-10,16-18,21H,7-8,11-15H2,1-4H3,(H,28,33). The normalized spacial score (nSPS) is 20.6. The van der Waals surface area contributed by atoms with Crippen molar-refractivity contribution >= 4 is 17.4 Å². The van der Waals surface area contributed by atoms with Crippen LogP contribution in [0.2, 0.25) is 0 Å². The lowest BCUT2D eigenvalue weighted by atomic mass is 9.94. The Morgan fingerprint density at radius 3 is 2.29 bits per heavy atom.